The first-order valence-electron chi connectivity index (χ1n) is 14.3. The molecule has 0 bridgehead atoms. The third-order valence-electron chi connectivity index (χ3n) is 6.83. The molecule has 0 radical (unpaired) electrons. The van der Waals surface area contributed by atoms with Crippen LogP contribution in [0.15, 0.2) is 71.7 Å². The lowest BCUT2D eigenvalue weighted by molar-refractivity contribution is -0.134. The van der Waals surface area contributed by atoms with Gasteiger partial charge in [-0.1, -0.05) is 42.5 Å². The van der Waals surface area contributed by atoms with Gasteiger partial charge in [-0.3, -0.25) is 19.0 Å². The summed E-state index contributed by atoms with van der Waals surface area (Å²) in [5.74, 6) is -1.46. The molecule has 5 atom stereocenters. The minimum atomic E-state index is -1.47. The summed E-state index contributed by atoms with van der Waals surface area (Å²) in [6.07, 6.45) is -3.73. The number of benzene rings is 2. The zero-order valence-electron chi connectivity index (χ0n) is 25.6. The van der Waals surface area contributed by atoms with Crippen LogP contribution in [0.3, 0.4) is 0 Å². The Bertz CT molecular complexity index is 1530. The lowest BCUT2D eigenvalue weighted by Crippen LogP contribution is -2.56. The molecule has 15 nitrogen and oxygen atoms in total. The first-order valence-corrected chi connectivity index (χ1v) is 14.3. The molecule has 4 rings (SSSR count). The second-order valence-corrected chi connectivity index (χ2v) is 11.0. The molecule has 0 saturated carbocycles. The van der Waals surface area contributed by atoms with E-state index in [1.807, 2.05) is 42.5 Å². The topological polar surface area (TPSA) is 236 Å². The molecule has 3 aromatic rings. The number of hydrogen-bond donors (Lipinski definition) is 7. The van der Waals surface area contributed by atoms with Gasteiger partial charge in [0, 0.05) is 13.1 Å². The Balaban J connectivity index is 0.00000136. The highest BCUT2D eigenvalue weighted by molar-refractivity contribution is 6.00. The fourth-order valence-electron chi connectivity index (χ4n) is 4.33. The van der Waals surface area contributed by atoms with Gasteiger partial charge in [0.25, 0.3) is 11.9 Å². The highest BCUT2D eigenvalue weighted by Gasteiger charge is 2.43. The van der Waals surface area contributed by atoms with Gasteiger partial charge in [-0.2, -0.15) is 4.98 Å². The monoisotopic (exact) mass is 641 g/mol. The summed E-state index contributed by atoms with van der Waals surface area (Å²) < 4.78 is 12.1. The molecule has 2 aromatic carbocycles. The minimum absolute atomic E-state index is 0.103. The number of hydrogen-bond acceptors (Lipinski definition) is 11. The van der Waals surface area contributed by atoms with Crippen LogP contribution in [0.25, 0.3) is 0 Å². The van der Waals surface area contributed by atoms with E-state index in [1.54, 1.807) is 12.1 Å². The Labute approximate surface area is 264 Å². The van der Waals surface area contributed by atoms with E-state index in [0.29, 0.717) is 12.4 Å². The third-order valence-corrected chi connectivity index (χ3v) is 6.83. The van der Waals surface area contributed by atoms with Gasteiger partial charge in [-0.25, -0.2) is 4.79 Å². The number of aliphatic carboxylic acids is 1. The van der Waals surface area contributed by atoms with Crippen LogP contribution in [0, 0.1) is 0 Å². The predicted molar refractivity (Wildman–Crippen MR) is 165 cm³/mol. The number of aromatic nitrogens is 2. The van der Waals surface area contributed by atoms with Crippen LogP contribution >= 0.6 is 0 Å². The van der Waals surface area contributed by atoms with Crippen molar-refractivity contribution in [2.75, 3.05) is 11.9 Å². The summed E-state index contributed by atoms with van der Waals surface area (Å²) in [5.41, 5.74) is 5.69. The standard InChI is InChI=1S/C29H35N5O8.C2H4O2/c1-29(2,27(39)31-22-12-13-34(28(40)32-22)26-24(37)23(36)21(15-35)42-26)33-25(38)20(30)14-17-8-10-19(11-9-17)41-16-18-6-4-3-5-7-18;1-2(3)4/h3-13,20-21,23-24,26,35-37H,14-16,30H2,1-2H3,(H,33,38)(H,31,32,39,40);1H3,(H,3,4)/t20-,21+,23+,24-,26?;/m0./s1. The Morgan fingerprint density at radius 2 is 1.67 bits per heavy atom. The fourth-order valence-corrected chi connectivity index (χ4v) is 4.33. The molecule has 1 unspecified atom stereocenters. The predicted octanol–water partition coefficient (Wildman–Crippen LogP) is -0.0720. The molecular weight excluding hydrogens is 602 g/mol. The SMILES string of the molecule is CC(=O)O.CC(C)(NC(=O)[C@@H](N)Cc1ccc(OCc2ccccc2)cc1)C(=O)Nc1ccn(C2O[C@H](CO)[C@@H](O)[C@@H]2O)c(=O)n1. The van der Waals surface area contributed by atoms with Gasteiger partial charge in [-0.15, -0.1) is 0 Å². The van der Waals surface area contributed by atoms with Crippen LogP contribution in [0.4, 0.5) is 5.82 Å². The van der Waals surface area contributed by atoms with Crippen molar-refractivity contribution < 1.29 is 44.3 Å². The minimum Gasteiger partial charge on any atom is -0.489 e. The first-order chi connectivity index (χ1) is 21.7. The zero-order chi connectivity index (χ0) is 34.0. The first kappa shape index (κ1) is 35.8. The molecule has 2 heterocycles. The van der Waals surface area contributed by atoms with Crippen LogP contribution < -0.4 is 26.8 Å². The molecule has 1 saturated heterocycles. The van der Waals surface area contributed by atoms with Gasteiger partial charge in [0.15, 0.2) is 6.23 Å². The molecule has 0 aliphatic carbocycles. The summed E-state index contributed by atoms with van der Waals surface area (Å²) in [4.78, 5) is 51.1. The molecule has 0 spiro atoms. The Morgan fingerprint density at radius 3 is 2.24 bits per heavy atom. The summed E-state index contributed by atoms with van der Waals surface area (Å²) in [5, 5.41) is 41.8. The van der Waals surface area contributed by atoms with Crippen molar-refractivity contribution in [1.82, 2.24) is 14.9 Å². The van der Waals surface area contributed by atoms with Crippen molar-refractivity contribution in [3.05, 3.63) is 88.5 Å². The Morgan fingerprint density at radius 1 is 1.04 bits per heavy atom. The number of aliphatic hydroxyl groups is 3. The summed E-state index contributed by atoms with van der Waals surface area (Å²) in [6, 6.07) is 17.4. The van der Waals surface area contributed by atoms with Crippen molar-refractivity contribution in [3.63, 3.8) is 0 Å². The number of amides is 2. The van der Waals surface area contributed by atoms with Crippen LogP contribution in [0.5, 0.6) is 5.75 Å². The molecule has 15 heteroatoms. The number of ether oxygens (including phenoxy) is 2. The number of rotatable bonds is 11. The average Bonchev–Trinajstić information content (AvgIpc) is 3.29. The molecule has 1 aromatic heterocycles. The van der Waals surface area contributed by atoms with Crippen molar-refractivity contribution in [2.45, 2.75) is 69.9 Å². The number of anilines is 1. The fraction of sp³-hybridized carbons (Fsp3) is 0.387. The van der Waals surface area contributed by atoms with Crippen LogP contribution in [0.1, 0.15) is 38.1 Å². The summed E-state index contributed by atoms with van der Waals surface area (Å²) in [6.45, 7) is 3.92. The van der Waals surface area contributed by atoms with Crippen molar-refractivity contribution in [3.8, 4) is 5.75 Å². The van der Waals surface area contributed by atoms with E-state index in [1.165, 1.54) is 26.1 Å². The van der Waals surface area contributed by atoms with E-state index >= 15 is 0 Å². The Kier molecular flexibility index (Phi) is 12.5. The molecule has 248 valence electrons. The smallest absolute Gasteiger partial charge is 0.351 e. The van der Waals surface area contributed by atoms with Crippen LogP contribution in [-0.4, -0.2) is 84.3 Å². The lowest BCUT2D eigenvalue weighted by Gasteiger charge is -2.26. The van der Waals surface area contributed by atoms with E-state index in [9.17, 15) is 29.7 Å². The second-order valence-electron chi connectivity index (χ2n) is 11.0. The maximum atomic E-state index is 12.9. The Hall–Kier alpha value is -4.67. The number of carbonyl (C=O) groups is 3. The second kappa shape index (κ2) is 16.1. The van der Waals surface area contributed by atoms with Gasteiger partial charge < -0.3 is 46.3 Å². The van der Waals surface area contributed by atoms with Gasteiger partial charge >= 0.3 is 5.69 Å². The van der Waals surface area contributed by atoms with E-state index in [-0.39, 0.29) is 12.2 Å². The van der Waals surface area contributed by atoms with E-state index < -0.39 is 66.2 Å². The maximum Gasteiger partial charge on any atom is 0.351 e. The quantitative estimate of drug-likeness (QED) is 0.146. The van der Waals surface area contributed by atoms with Crippen LogP contribution in [0.2, 0.25) is 0 Å². The number of nitrogens with zero attached hydrogens (tertiary/aromatic N) is 2. The number of nitrogens with two attached hydrogens (primary N) is 1. The van der Waals surface area contributed by atoms with Gasteiger partial charge in [0.05, 0.1) is 12.6 Å². The number of carboxylic acids is 1. The van der Waals surface area contributed by atoms with E-state index in [4.69, 9.17) is 25.1 Å². The van der Waals surface area contributed by atoms with Gasteiger partial charge in [-0.05, 0) is 49.6 Å². The number of nitrogens with one attached hydrogen (secondary N) is 2. The van der Waals surface area contributed by atoms with E-state index in [0.717, 1.165) is 22.6 Å². The van der Waals surface area contributed by atoms with Crippen molar-refractivity contribution >= 4 is 23.6 Å². The highest BCUT2D eigenvalue weighted by atomic mass is 16.6. The van der Waals surface area contributed by atoms with Gasteiger partial charge in [0.1, 0.15) is 42.0 Å². The normalized spacial score (nSPS) is 19.7. The molecule has 8 N–H and O–H groups in total. The highest BCUT2D eigenvalue weighted by Crippen LogP contribution is 2.28. The maximum absolute atomic E-state index is 12.9. The molecule has 46 heavy (non-hydrogen) atoms. The summed E-state index contributed by atoms with van der Waals surface area (Å²) in [7, 11) is 0. The molecule has 1 aliphatic heterocycles. The molecule has 1 fully saturated rings. The third kappa shape index (κ3) is 9.92. The van der Waals surface area contributed by atoms with Crippen molar-refractivity contribution in [2.24, 2.45) is 5.73 Å². The van der Waals surface area contributed by atoms with E-state index in [2.05, 4.69) is 15.6 Å². The van der Waals surface area contributed by atoms with Crippen molar-refractivity contribution in [1.29, 1.82) is 0 Å². The molecule has 1 aliphatic rings. The molecular formula is C31H39N5O10. The largest absolute Gasteiger partial charge is 0.489 e. The zero-order valence-corrected chi connectivity index (χ0v) is 25.6. The van der Waals surface area contributed by atoms with Gasteiger partial charge in [0.2, 0.25) is 5.91 Å². The summed E-state index contributed by atoms with van der Waals surface area (Å²) >= 11 is 0. The number of carbonyl (C=O) groups excluding carboxylic acids is 2. The number of carboxylic acid groups (broad SMARTS) is 1. The average molecular weight is 642 g/mol. The van der Waals surface area contributed by atoms with Crippen LogP contribution in [-0.2, 0) is 32.1 Å². The number of aliphatic hydroxyl groups excluding tert-OH is 3. The lowest BCUT2D eigenvalue weighted by atomic mass is 10.0. The molecule has 2 amide bonds.